The highest BCUT2D eigenvalue weighted by Gasteiger charge is 2.26. The molecule has 0 saturated heterocycles. The van der Waals surface area contributed by atoms with Crippen LogP contribution in [0.1, 0.15) is 52.2 Å². The molecule has 0 aliphatic heterocycles. The summed E-state index contributed by atoms with van der Waals surface area (Å²) in [6, 6.07) is 12.5. The van der Waals surface area contributed by atoms with Gasteiger partial charge in [-0.25, -0.2) is 0 Å². The van der Waals surface area contributed by atoms with E-state index in [9.17, 15) is 9.59 Å². The van der Waals surface area contributed by atoms with E-state index in [0.717, 1.165) is 11.1 Å². The quantitative estimate of drug-likeness (QED) is 0.417. The van der Waals surface area contributed by atoms with E-state index in [4.69, 9.17) is 21.1 Å². The van der Waals surface area contributed by atoms with Crippen molar-refractivity contribution in [1.82, 2.24) is 10.2 Å². The summed E-state index contributed by atoms with van der Waals surface area (Å²) in [6.45, 7) is 11.7. The Hall–Kier alpha value is -2.73. The maximum Gasteiger partial charge on any atom is 0.242 e. The molecule has 2 aromatic carbocycles. The number of nitrogens with zero attached hydrogens (tertiary/aromatic N) is 1. The molecule has 1 unspecified atom stereocenters. The van der Waals surface area contributed by atoms with Crippen LogP contribution in [0.15, 0.2) is 42.5 Å². The molecule has 0 aliphatic rings. The van der Waals surface area contributed by atoms with E-state index in [0.29, 0.717) is 55.2 Å². The van der Waals surface area contributed by atoms with E-state index < -0.39 is 6.04 Å². The largest absolute Gasteiger partial charge is 0.490 e. The molecule has 2 amide bonds. The lowest BCUT2D eigenvalue weighted by Crippen LogP contribution is -2.48. The molecule has 1 N–H and O–H groups in total. The number of carbonyl (C=O) groups is 2. The lowest BCUT2D eigenvalue weighted by atomic mass is 10.1. The van der Waals surface area contributed by atoms with Crippen LogP contribution in [0.3, 0.4) is 0 Å². The Morgan fingerprint density at radius 2 is 1.56 bits per heavy atom. The number of amides is 2. The zero-order valence-electron chi connectivity index (χ0n) is 20.9. The van der Waals surface area contributed by atoms with Crippen molar-refractivity contribution in [3.05, 3.63) is 58.6 Å². The Balaban J connectivity index is 2.16. The Bertz CT molecular complexity index is 931. The van der Waals surface area contributed by atoms with Crippen LogP contribution >= 0.6 is 11.6 Å². The minimum absolute atomic E-state index is 0.0889. The first kappa shape index (κ1) is 27.5. The lowest BCUT2D eigenvalue weighted by molar-refractivity contribution is -0.140. The molecule has 0 spiro atoms. The third kappa shape index (κ3) is 8.56. The van der Waals surface area contributed by atoms with Crippen molar-refractivity contribution < 1.29 is 19.1 Å². The highest BCUT2D eigenvalue weighted by atomic mass is 35.5. The second kappa shape index (κ2) is 13.9. The SMILES string of the molecule is CCOc1ccc(CCC(=O)N(Cc2ccc(Cl)cc2)C(C)C(=O)NCC(C)C)cc1OCC. The van der Waals surface area contributed by atoms with Gasteiger partial charge in [0.2, 0.25) is 11.8 Å². The summed E-state index contributed by atoms with van der Waals surface area (Å²) in [5.74, 6) is 1.45. The first-order chi connectivity index (χ1) is 16.2. The summed E-state index contributed by atoms with van der Waals surface area (Å²) in [5.41, 5.74) is 1.89. The van der Waals surface area contributed by atoms with Crippen LogP contribution in [0.5, 0.6) is 11.5 Å². The number of hydrogen-bond acceptors (Lipinski definition) is 4. The van der Waals surface area contributed by atoms with Crippen LogP contribution in [0.25, 0.3) is 0 Å². The molecule has 186 valence electrons. The minimum atomic E-state index is -0.596. The maximum atomic E-state index is 13.3. The molecule has 2 aromatic rings. The molecule has 0 saturated carbocycles. The van der Waals surface area contributed by atoms with Gasteiger partial charge in [0, 0.05) is 24.5 Å². The molecule has 34 heavy (non-hydrogen) atoms. The molecule has 0 heterocycles. The van der Waals surface area contributed by atoms with Crippen molar-refractivity contribution in [2.45, 2.75) is 60.0 Å². The smallest absolute Gasteiger partial charge is 0.242 e. The molecule has 2 rings (SSSR count). The summed E-state index contributed by atoms with van der Waals surface area (Å²) >= 11 is 6.01. The second-order valence-corrected chi connectivity index (χ2v) is 9.05. The molecule has 0 aliphatic carbocycles. The summed E-state index contributed by atoms with van der Waals surface area (Å²) in [7, 11) is 0. The standard InChI is InChI=1S/C27H37ClN2O4/c1-6-33-24-14-10-21(16-25(24)34-7-2)11-15-26(31)30(18-22-8-12-23(28)13-9-22)20(5)27(32)29-17-19(3)4/h8-10,12-14,16,19-20H,6-7,11,15,17-18H2,1-5H3,(H,29,32). The maximum absolute atomic E-state index is 13.3. The average molecular weight is 489 g/mol. The zero-order valence-corrected chi connectivity index (χ0v) is 21.7. The number of carbonyl (C=O) groups excluding carboxylic acids is 2. The monoisotopic (exact) mass is 488 g/mol. The minimum Gasteiger partial charge on any atom is -0.490 e. The fourth-order valence-corrected chi connectivity index (χ4v) is 3.59. The van der Waals surface area contributed by atoms with Crippen molar-refractivity contribution in [3.8, 4) is 11.5 Å². The Labute approximate surface area is 208 Å². The van der Waals surface area contributed by atoms with Gasteiger partial charge in [0.1, 0.15) is 6.04 Å². The third-order valence-electron chi connectivity index (χ3n) is 5.35. The molecule has 7 heteroatoms. The number of ether oxygens (including phenoxy) is 2. The average Bonchev–Trinajstić information content (AvgIpc) is 2.81. The first-order valence-corrected chi connectivity index (χ1v) is 12.3. The van der Waals surface area contributed by atoms with Gasteiger partial charge in [-0.3, -0.25) is 9.59 Å². The number of benzene rings is 2. The van der Waals surface area contributed by atoms with Gasteiger partial charge < -0.3 is 19.7 Å². The van der Waals surface area contributed by atoms with Gasteiger partial charge in [-0.2, -0.15) is 0 Å². The van der Waals surface area contributed by atoms with Crippen molar-refractivity contribution in [1.29, 1.82) is 0 Å². The van der Waals surface area contributed by atoms with Crippen LogP contribution in [0.2, 0.25) is 5.02 Å². The van der Waals surface area contributed by atoms with Gasteiger partial charge in [-0.15, -0.1) is 0 Å². The number of hydrogen-bond donors (Lipinski definition) is 1. The molecule has 0 radical (unpaired) electrons. The summed E-state index contributed by atoms with van der Waals surface area (Å²) < 4.78 is 11.3. The normalized spacial score (nSPS) is 11.7. The van der Waals surface area contributed by atoms with Gasteiger partial charge in [0.25, 0.3) is 0 Å². The Morgan fingerprint density at radius 1 is 0.941 bits per heavy atom. The van der Waals surface area contributed by atoms with E-state index in [1.807, 2.05) is 58.0 Å². The van der Waals surface area contributed by atoms with Gasteiger partial charge >= 0.3 is 0 Å². The van der Waals surface area contributed by atoms with Gasteiger partial charge in [-0.05, 0) is 68.5 Å². The summed E-state index contributed by atoms with van der Waals surface area (Å²) in [6.07, 6.45) is 0.803. The highest BCUT2D eigenvalue weighted by molar-refractivity contribution is 6.30. The van der Waals surface area contributed by atoms with E-state index in [2.05, 4.69) is 5.32 Å². The number of halogens is 1. The first-order valence-electron chi connectivity index (χ1n) is 11.9. The van der Waals surface area contributed by atoms with Gasteiger partial charge in [0.05, 0.1) is 13.2 Å². The van der Waals surface area contributed by atoms with Crippen LogP contribution in [-0.4, -0.2) is 42.5 Å². The molecule has 0 bridgehead atoms. The Kier molecular flexibility index (Phi) is 11.2. The topological polar surface area (TPSA) is 67.9 Å². The number of aryl methyl sites for hydroxylation is 1. The molecular weight excluding hydrogens is 452 g/mol. The molecule has 0 fully saturated rings. The van der Waals surface area contributed by atoms with Crippen LogP contribution in [-0.2, 0) is 22.6 Å². The summed E-state index contributed by atoms with van der Waals surface area (Å²) in [5, 5.41) is 3.57. The molecule has 1 atom stereocenters. The predicted octanol–water partition coefficient (Wildman–Crippen LogP) is 5.26. The van der Waals surface area contributed by atoms with Crippen LogP contribution in [0, 0.1) is 5.92 Å². The highest BCUT2D eigenvalue weighted by Crippen LogP contribution is 2.29. The van der Waals surface area contributed by atoms with Gasteiger partial charge in [0.15, 0.2) is 11.5 Å². The van der Waals surface area contributed by atoms with Crippen LogP contribution < -0.4 is 14.8 Å². The molecular formula is C27H37ClN2O4. The van der Waals surface area contributed by atoms with Crippen molar-refractivity contribution in [3.63, 3.8) is 0 Å². The fraction of sp³-hybridized carbons (Fsp3) is 0.481. The predicted molar refractivity (Wildman–Crippen MR) is 136 cm³/mol. The van der Waals surface area contributed by atoms with E-state index >= 15 is 0 Å². The fourth-order valence-electron chi connectivity index (χ4n) is 3.47. The van der Waals surface area contributed by atoms with E-state index in [-0.39, 0.29) is 18.2 Å². The molecule has 0 aromatic heterocycles. The van der Waals surface area contributed by atoms with Crippen molar-refractivity contribution in [2.75, 3.05) is 19.8 Å². The van der Waals surface area contributed by atoms with Crippen molar-refractivity contribution >= 4 is 23.4 Å². The Morgan fingerprint density at radius 3 is 2.18 bits per heavy atom. The van der Waals surface area contributed by atoms with Crippen molar-refractivity contribution in [2.24, 2.45) is 5.92 Å². The van der Waals surface area contributed by atoms with E-state index in [1.165, 1.54) is 0 Å². The lowest BCUT2D eigenvalue weighted by Gasteiger charge is -2.29. The zero-order chi connectivity index (χ0) is 25.1. The second-order valence-electron chi connectivity index (χ2n) is 8.61. The number of nitrogens with one attached hydrogen (secondary N) is 1. The molecule has 6 nitrogen and oxygen atoms in total. The van der Waals surface area contributed by atoms with Crippen LogP contribution in [0.4, 0.5) is 0 Å². The van der Waals surface area contributed by atoms with E-state index in [1.54, 1.807) is 24.0 Å². The van der Waals surface area contributed by atoms with Gasteiger partial charge in [-0.1, -0.05) is 43.6 Å². The number of rotatable bonds is 13. The summed E-state index contributed by atoms with van der Waals surface area (Å²) in [4.78, 5) is 27.7. The third-order valence-corrected chi connectivity index (χ3v) is 5.61.